The third-order valence-corrected chi connectivity index (χ3v) is 5.80. The lowest BCUT2D eigenvalue weighted by Crippen LogP contribution is -2.31. The Balaban J connectivity index is 1.79. The van der Waals surface area contributed by atoms with Crippen molar-refractivity contribution in [3.8, 4) is 11.5 Å². The zero-order chi connectivity index (χ0) is 18.7. The molecule has 1 aliphatic rings. The van der Waals surface area contributed by atoms with Crippen molar-refractivity contribution in [3.63, 3.8) is 0 Å². The van der Waals surface area contributed by atoms with Crippen molar-refractivity contribution in [2.45, 2.75) is 25.3 Å². The van der Waals surface area contributed by atoms with Gasteiger partial charge in [0.1, 0.15) is 11.5 Å². The third kappa shape index (κ3) is 3.67. The number of carbonyl (C=O) groups excluding carboxylic acids is 2. The number of rotatable bonds is 6. The molecular formula is C19H22N2O4S. The summed E-state index contributed by atoms with van der Waals surface area (Å²) in [6.45, 7) is 0.708. The minimum absolute atomic E-state index is 0.00259. The number of primary amides is 1. The van der Waals surface area contributed by atoms with E-state index in [9.17, 15) is 9.59 Å². The van der Waals surface area contributed by atoms with Crippen molar-refractivity contribution in [2.75, 3.05) is 20.8 Å². The number of hydrogen-bond acceptors (Lipinski definition) is 5. The van der Waals surface area contributed by atoms with Crippen LogP contribution in [0.5, 0.6) is 11.5 Å². The van der Waals surface area contributed by atoms with Crippen LogP contribution in [0.2, 0.25) is 0 Å². The summed E-state index contributed by atoms with van der Waals surface area (Å²) in [6, 6.07) is 9.07. The van der Waals surface area contributed by atoms with Crippen molar-refractivity contribution in [1.29, 1.82) is 0 Å². The summed E-state index contributed by atoms with van der Waals surface area (Å²) < 4.78 is 10.6. The van der Waals surface area contributed by atoms with Crippen LogP contribution in [-0.4, -0.2) is 37.5 Å². The van der Waals surface area contributed by atoms with E-state index in [0.29, 0.717) is 22.9 Å². The summed E-state index contributed by atoms with van der Waals surface area (Å²) in [4.78, 5) is 27.7. The van der Waals surface area contributed by atoms with Gasteiger partial charge in [0.05, 0.1) is 31.6 Å². The average Bonchev–Trinajstić information content (AvgIpc) is 3.30. The highest BCUT2D eigenvalue weighted by Gasteiger charge is 2.31. The predicted octanol–water partition coefficient (Wildman–Crippen LogP) is 2.77. The van der Waals surface area contributed by atoms with Crippen LogP contribution in [0.3, 0.4) is 0 Å². The summed E-state index contributed by atoms with van der Waals surface area (Å²) >= 11 is 1.37. The molecule has 6 nitrogen and oxygen atoms in total. The molecule has 0 radical (unpaired) electrons. The van der Waals surface area contributed by atoms with Crippen LogP contribution in [0.25, 0.3) is 0 Å². The molecule has 1 aromatic carbocycles. The van der Waals surface area contributed by atoms with Crippen LogP contribution in [0, 0.1) is 0 Å². The van der Waals surface area contributed by atoms with E-state index in [1.54, 1.807) is 26.4 Å². The van der Waals surface area contributed by atoms with Gasteiger partial charge in [0.15, 0.2) is 0 Å². The molecule has 0 spiro atoms. The van der Waals surface area contributed by atoms with Crippen LogP contribution in [-0.2, 0) is 11.2 Å². The Morgan fingerprint density at radius 3 is 2.69 bits per heavy atom. The van der Waals surface area contributed by atoms with E-state index in [1.165, 1.54) is 11.3 Å². The monoisotopic (exact) mass is 374 g/mol. The Morgan fingerprint density at radius 2 is 2.04 bits per heavy atom. The molecule has 0 bridgehead atoms. The van der Waals surface area contributed by atoms with Crippen molar-refractivity contribution >= 4 is 23.2 Å². The topological polar surface area (TPSA) is 81.9 Å². The summed E-state index contributed by atoms with van der Waals surface area (Å²) in [7, 11) is 3.18. The second-order valence-electron chi connectivity index (χ2n) is 6.17. The summed E-state index contributed by atoms with van der Waals surface area (Å²) in [5.41, 5.74) is 6.14. The number of likely N-dealkylation sites (tertiary alicyclic amines) is 1. The number of carbonyl (C=O) groups is 2. The third-order valence-electron chi connectivity index (χ3n) is 4.60. The molecule has 2 amide bonds. The number of nitrogens with zero attached hydrogens (tertiary/aromatic N) is 1. The second kappa shape index (κ2) is 7.78. The fourth-order valence-electron chi connectivity index (χ4n) is 3.31. The average molecular weight is 374 g/mol. The first-order valence-corrected chi connectivity index (χ1v) is 9.25. The molecule has 138 valence electrons. The molecule has 0 aliphatic carbocycles. The van der Waals surface area contributed by atoms with E-state index in [-0.39, 0.29) is 18.4 Å². The number of hydrogen-bond donors (Lipinski definition) is 1. The van der Waals surface area contributed by atoms with E-state index in [1.807, 2.05) is 23.1 Å². The van der Waals surface area contributed by atoms with E-state index in [2.05, 4.69) is 0 Å². The fraction of sp³-hybridized carbons (Fsp3) is 0.368. The highest BCUT2D eigenvalue weighted by molar-refractivity contribution is 7.14. The van der Waals surface area contributed by atoms with Gasteiger partial charge in [-0.2, -0.15) is 0 Å². The molecular weight excluding hydrogens is 352 g/mol. The van der Waals surface area contributed by atoms with Crippen molar-refractivity contribution in [1.82, 2.24) is 4.90 Å². The van der Waals surface area contributed by atoms with Gasteiger partial charge in [-0.15, -0.1) is 11.3 Å². The quantitative estimate of drug-likeness (QED) is 0.843. The van der Waals surface area contributed by atoms with Crippen molar-refractivity contribution < 1.29 is 19.1 Å². The molecule has 7 heteroatoms. The molecule has 2 N–H and O–H groups in total. The Hall–Kier alpha value is -2.54. The predicted molar refractivity (Wildman–Crippen MR) is 99.8 cm³/mol. The molecule has 0 saturated carbocycles. The fourth-order valence-corrected chi connectivity index (χ4v) is 4.32. The van der Waals surface area contributed by atoms with E-state index < -0.39 is 5.91 Å². The molecule has 1 aliphatic heterocycles. The first kappa shape index (κ1) is 18.3. The van der Waals surface area contributed by atoms with Crippen LogP contribution >= 0.6 is 11.3 Å². The smallest absolute Gasteiger partial charge is 0.258 e. The second-order valence-corrected chi connectivity index (χ2v) is 7.28. The molecule has 26 heavy (non-hydrogen) atoms. The molecule has 0 unspecified atom stereocenters. The number of methoxy groups -OCH3 is 2. The first-order chi connectivity index (χ1) is 12.5. The van der Waals surface area contributed by atoms with Crippen molar-refractivity contribution in [3.05, 3.63) is 45.6 Å². The van der Waals surface area contributed by atoms with E-state index >= 15 is 0 Å². The van der Waals surface area contributed by atoms with Gasteiger partial charge in [0.2, 0.25) is 5.91 Å². The van der Waals surface area contributed by atoms with Gasteiger partial charge in [-0.25, -0.2) is 0 Å². The van der Waals surface area contributed by atoms with E-state index in [4.69, 9.17) is 15.2 Å². The van der Waals surface area contributed by atoms with Crippen molar-refractivity contribution in [2.24, 2.45) is 5.73 Å². The number of thiophene rings is 1. The van der Waals surface area contributed by atoms with Crippen LogP contribution < -0.4 is 15.2 Å². The number of ether oxygens (including phenoxy) is 2. The van der Waals surface area contributed by atoms with Crippen LogP contribution in [0.15, 0.2) is 30.3 Å². The summed E-state index contributed by atoms with van der Waals surface area (Å²) in [5.74, 6) is 0.962. The molecule has 1 aromatic heterocycles. The number of benzene rings is 1. The summed E-state index contributed by atoms with van der Waals surface area (Å²) in [5, 5.41) is 0. The van der Waals surface area contributed by atoms with E-state index in [0.717, 1.165) is 23.3 Å². The van der Waals surface area contributed by atoms with Gasteiger partial charge < -0.3 is 20.1 Å². The van der Waals surface area contributed by atoms with Gasteiger partial charge in [-0.1, -0.05) is 0 Å². The van der Waals surface area contributed by atoms with Gasteiger partial charge in [0, 0.05) is 17.0 Å². The minimum Gasteiger partial charge on any atom is -0.497 e. The lowest BCUT2D eigenvalue weighted by atomic mass is 10.1. The highest BCUT2D eigenvalue weighted by atomic mass is 32.1. The normalized spacial score (nSPS) is 16.5. The lowest BCUT2D eigenvalue weighted by Gasteiger charge is -2.24. The SMILES string of the molecule is COc1ccc(OC)c(CC(=O)N2CCC[C@@H]2c2ccc(C(N)=O)s2)c1. The number of amides is 2. The summed E-state index contributed by atoms with van der Waals surface area (Å²) in [6.07, 6.45) is 2.07. The lowest BCUT2D eigenvalue weighted by molar-refractivity contribution is -0.131. The van der Waals surface area contributed by atoms with Crippen LogP contribution in [0.1, 0.15) is 39.0 Å². The Morgan fingerprint density at radius 1 is 1.23 bits per heavy atom. The standard InChI is InChI=1S/C19H22N2O4S/c1-24-13-5-6-15(25-2)12(10-13)11-18(22)21-9-3-4-14(21)16-7-8-17(26-16)19(20)23/h5-8,10,14H,3-4,9,11H2,1-2H3,(H2,20,23)/t14-/m1/s1. The Kier molecular flexibility index (Phi) is 5.46. The molecule has 3 rings (SSSR count). The number of nitrogens with two attached hydrogens (primary N) is 1. The molecule has 2 heterocycles. The Bertz CT molecular complexity index is 818. The highest BCUT2D eigenvalue weighted by Crippen LogP contribution is 2.36. The maximum absolute atomic E-state index is 12.9. The van der Waals surface area contributed by atoms with Gasteiger partial charge in [-0.05, 0) is 43.2 Å². The Labute approximate surface area is 156 Å². The largest absolute Gasteiger partial charge is 0.497 e. The molecule has 1 fully saturated rings. The minimum atomic E-state index is -0.432. The maximum Gasteiger partial charge on any atom is 0.258 e. The first-order valence-electron chi connectivity index (χ1n) is 8.43. The van der Waals surface area contributed by atoms with Gasteiger partial charge >= 0.3 is 0 Å². The van der Waals surface area contributed by atoms with Gasteiger partial charge in [0.25, 0.3) is 5.91 Å². The molecule has 2 aromatic rings. The van der Waals surface area contributed by atoms with Crippen LogP contribution in [0.4, 0.5) is 0 Å². The zero-order valence-corrected chi connectivity index (χ0v) is 15.7. The molecule has 1 saturated heterocycles. The molecule has 1 atom stereocenters. The zero-order valence-electron chi connectivity index (χ0n) is 14.9. The maximum atomic E-state index is 12.9. The van der Waals surface area contributed by atoms with Gasteiger partial charge in [-0.3, -0.25) is 9.59 Å².